The first-order valence-electron chi connectivity index (χ1n) is 6.53. The standard InChI is InChI=1S/C14H19BrN4/c1-18-6-8-19(9-7-18)5-4-17-13-3-2-12(11-16)14(15)10-13/h2-3,10,17H,4-9H2,1H3. The molecule has 1 aliphatic rings. The molecule has 1 aliphatic heterocycles. The number of anilines is 1. The molecule has 1 fully saturated rings. The van der Waals surface area contributed by atoms with Crippen LogP contribution in [0.1, 0.15) is 5.56 Å². The maximum atomic E-state index is 8.87. The highest BCUT2D eigenvalue weighted by atomic mass is 79.9. The third-order valence-electron chi connectivity index (χ3n) is 3.44. The van der Waals surface area contributed by atoms with Crippen LogP contribution < -0.4 is 5.32 Å². The summed E-state index contributed by atoms with van der Waals surface area (Å²) in [5.74, 6) is 0. The van der Waals surface area contributed by atoms with Gasteiger partial charge >= 0.3 is 0 Å². The average molecular weight is 323 g/mol. The summed E-state index contributed by atoms with van der Waals surface area (Å²) in [5, 5.41) is 12.3. The number of hydrogen-bond donors (Lipinski definition) is 1. The Balaban J connectivity index is 1.77. The van der Waals surface area contributed by atoms with Crippen molar-refractivity contribution in [2.24, 2.45) is 0 Å². The topological polar surface area (TPSA) is 42.3 Å². The molecule has 1 N–H and O–H groups in total. The Hall–Kier alpha value is -1.09. The molecule has 0 aliphatic carbocycles. The molecule has 1 aromatic rings. The summed E-state index contributed by atoms with van der Waals surface area (Å²) >= 11 is 3.40. The van der Waals surface area contributed by atoms with E-state index in [-0.39, 0.29) is 0 Å². The number of nitriles is 1. The fourth-order valence-electron chi connectivity index (χ4n) is 2.15. The third-order valence-corrected chi connectivity index (χ3v) is 4.10. The van der Waals surface area contributed by atoms with E-state index >= 15 is 0 Å². The Labute approximate surface area is 123 Å². The van der Waals surface area contributed by atoms with Crippen molar-refractivity contribution in [3.63, 3.8) is 0 Å². The van der Waals surface area contributed by atoms with Gasteiger partial charge in [-0.05, 0) is 41.2 Å². The van der Waals surface area contributed by atoms with E-state index < -0.39 is 0 Å². The van der Waals surface area contributed by atoms with E-state index in [1.165, 1.54) is 0 Å². The molecule has 0 unspecified atom stereocenters. The van der Waals surface area contributed by atoms with Gasteiger partial charge in [-0.25, -0.2) is 0 Å². The zero-order chi connectivity index (χ0) is 13.7. The Morgan fingerprint density at radius 2 is 2.05 bits per heavy atom. The quantitative estimate of drug-likeness (QED) is 0.920. The largest absolute Gasteiger partial charge is 0.384 e. The molecule has 1 saturated heterocycles. The zero-order valence-corrected chi connectivity index (χ0v) is 12.8. The van der Waals surface area contributed by atoms with E-state index in [4.69, 9.17) is 5.26 Å². The Morgan fingerprint density at radius 3 is 2.68 bits per heavy atom. The highest BCUT2D eigenvalue weighted by molar-refractivity contribution is 9.10. The van der Waals surface area contributed by atoms with E-state index in [9.17, 15) is 0 Å². The van der Waals surface area contributed by atoms with Crippen LogP contribution in [0.25, 0.3) is 0 Å². The lowest BCUT2D eigenvalue weighted by Crippen LogP contribution is -2.45. The van der Waals surface area contributed by atoms with Crippen molar-refractivity contribution in [1.29, 1.82) is 5.26 Å². The van der Waals surface area contributed by atoms with Gasteiger partial charge in [0.1, 0.15) is 6.07 Å². The van der Waals surface area contributed by atoms with Crippen molar-refractivity contribution in [2.75, 3.05) is 51.6 Å². The monoisotopic (exact) mass is 322 g/mol. The average Bonchev–Trinajstić information content (AvgIpc) is 2.41. The first kappa shape index (κ1) is 14.3. The highest BCUT2D eigenvalue weighted by Gasteiger charge is 2.12. The van der Waals surface area contributed by atoms with Gasteiger partial charge in [0.2, 0.25) is 0 Å². The van der Waals surface area contributed by atoms with E-state index in [2.05, 4.69) is 44.2 Å². The van der Waals surface area contributed by atoms with Crippen LogP contribution in [-0.2, 0) is 0 Å². The number of halogens is 1. The minimum absolute atomic E-state index is 0.671. The molecule has 19 heavy (non-hydrogen) atoms. The van der Waals surface area contributed by atoms with Crippen LogP contribution in [0.3, 0.4) is 0 Å². The number of hydrogen-bond acceptors (Lipinski definition) is 4. The van der Waals surface area contributed by atoms with Gasteiger partial charge in [0.25, 0.3) is 0 Å². The molecule has 0 aromatic heterocycles. The summed E-state index contributed by atoms with van der Waals surface area (Å²) in [6, 6.07) is 7.89. The molecular formula is C14H19BrN4. The molecule has 0 amide bonds. The number of nitrogens with zero attached hydrogens (tertiary/aromatic N) is 3. The van der Waals surface area contributed by atoms with Crippen LogP contribution in [0.2, 0.25) is 0 Å². The fraction of sp³-hybridized carbons (Fsp3) is 0.500. The minimum atomic E-state index is 0.671. The summed E-state index contributed by atoms with van der Waals surface area (Å²) in [4.78, 5) is 4.84. The second-order valence-electron chi connectivity index (χ2n) is 4.88. The first-order valence-corrected chi connectivity index (χ1v) is 7.33. The van der Waals surface area contributed by atoms with Crippen molar-refractivity contribution in [2.45, 2.75) is 0 Å². The summed E-state index contributed by atoms with van der Waals surface area (Å²) < 4.78 is 0.847. The zero-order valence-electron chi connectivity index (χ0n) is 11.2. The number of rotatable bonds is 4. The van der Waals surface area contributed by atoms with Crippen LogP contribution in [-0.4, -0.2) is 56.1 Å². The van der Waals surface area contributed by atoms with Gasteiger partial charge in [-0.15, -0.1) is 0 Å². The van der Waals surface area contributed by atoms with Crippen molar-refractivity contribution in [3.05, 3.63) is 28.2 Å². The highest BCUT2D eigenvalue weighted by Crippen LogP contribution is 2.20. The number of likely N-dealkylation sites (N-methyl/N-ethyl adjacent to an activating group) is 1. The van der Waals surface area contributed by atoms with Gasteiger partial charge in [-0.1, -0.05) is 0 Å². The Bertz CT molecular complexity index is 461. The molecule has 5 heteroatoms. The molecule has 0 radical (unpaired) electrons. The lowest BCUT2D eigenvalue weighted by atomic mass is 10.2. The molecule has 0 saturated carbocycles. The lowest BCUT2D eigenvalue weighted by molar-refractivity contribution is 0.158. The Morgan fingerprint density at radius 1 is 1.32 bits per heavy atom. The molecule has 0 spiro atoms. The van der Waals surface area contributed by atoms with E-state index in [0.29, 0.717) is 5.56 Å². The smallest absolute Gasteiger partial charge is 0.100 e. The SMILES string of the molecule is CN1CCN(CCNc2ccc(C#N)c(Br)c2)CC1. The van der Waals surface area contributed by atoms with Gasteiger partial charge in [0, 0.05) is 49.4 Å². The van der Waals surface area contributed by atoms with Gasteiger partial charge in [0.05, 0.1) is 5.56 Å². The van der Waals surface area contributed by atoms with Crippen molar-refractivity contribution >= 4 is 21.6 Å². The molecule has 2 rings (SSSR count). The Kier molecular flexibility index (Phi) is 5.20. The summed E-state index contributed by atoms with van der Waals surface area (Å²) in [7, 11) is 2.17. The molecule has 0 atom stereocenters. The minimum Gasteiger partial charge on any atom is -0.384 e. The van der Waals surface area contributed by atoms with Gasteiger partial charge in [0.15, 0.2) is 0 Å². The molecule has 1 heterocycles. The van der Waals surface area contributed by atoms with Gasteiger partial charge < -0.3 is 10.2 Å². The lowest BCUT2D eigenvalue weighted by Gasteiger charge is -2.32. The maximum absolute atomic E-state index is 8.87. The predicted molar refractivity (Wildman–Crippen MR) is 81.3 cm³/mol. The summed E-state index contributed by atoms with van der Waals surface area (Å²) in [6.07, 6.45) is 0. The molecule has 0 bridgehead atoms. The normalized spacial score (nSPS) is 17.1. The molecule has 4 nitrogen and oxygen atoms in total. The molecule has 1 aromatic carbocycles. The van der Waals surface area contributed by atoms with Crippen molar-refractivity contribution in [1.82, 2.24) is 9.80 Å². The van der Waals surface area contributed by atoms with Crippen LogP contribution in [0.5, 0.6) is 0 Å². The van der Waals surface area contributed by atoms with Crippen LogP contribution in [0.15, 0.2) is 22.7 Å². The maximum Gasteiger partial charge on any atom is 0.100 e. The first-order chi connectivity index (χ1) is 9.19. The van der Waals surface area contributed by atoms with Crippen molar-refractivity contribution < 1.29 is 0 Å². The molecule has 102 valence electrons. The number of piperazine rings is 1. The number of benzene rings is 1. The van der Waals surface area contributed by atoms with Gasteiger partial charge in [-0.2, -0.15) is 5.26 Å². The number of nitrogens with one attached hydrogen (secondary N) is 1. The summed E-state index contributed by atoms with van der Waals surface area (Å²) in [5.41, 5.74) is 1.73. The van der Waals surface area contributed by atoms with Crippen molar-refractivity contribution in [3.8, 4) is 6.07 Å². The predicted octanol–water partition coefficient (Wildman–Crippen LogP) is 1.98. The van der Waals surface area contributed by atoms with E-state index in [1.807, 2.05) is 18.2 Å². The molecular weight excluding hydrogens is 304 g/mol. The van der Waals surface area contributed by atoms with Crippen LogP contribution >= 0.6 is 15.9 Å². The van der Waals surface area contributed by atoms with Crippen LogP contribution in [0, 0.1) is 11.3 Å². The van der Waals surface area contributed by atoms with E-state index in [0.717, 1.165) is 49.4 Å². The van der Waals surface area contributed by atoms with Gasteiger partial charge in [-0.3, -0.25) is 4.90 Å². The summed E-state index contributed by atoms with van der Waals surface area (Å²) in [6.45, 7) is 6.60. The second-order valence-corrected chi connectivity index (χ2v) is 5.73. The van der Waals surface area contributed by atoms with Crippen LogP contribution in [0.4, 0.5) is 5.69 Å². The second kappa shape index (κ2) is 6.90. The fourth-order valence-corrected chi connectivity index (χ4v) is 2.61. The van der Waals surface area contributed by atoms with E-state index in [1.54, 1.807) is 0 Å². The third kappa shape index (κ3) is 4.20.